The highest BCUT2D eigenvalue weighted by molar-refractivity contribution is 7.13. The van der Waals surface area contributed by atoms with E-state index in [-0.39, 0.29) is 29.3 Å². The zero-order valence-electron chi connectivity index (χ0n) is 11.6. The number of nitrogens with zero attached hydrogens (tertiary/aromatic N) is 2. The summed E-state index contributed by atoms with van der Waals surface area (Å²) in [6.07, 6.45) is 2.73. The fourth-order valence-electron chi connectivity index (χ4n) is 2.45. The lowest BCUT2D eigenvalue weighted by atomic mass is 9.98. The standard InChI is InChI=1S/C13H16N2O5S/c1-20-12(16)7-10-4-2-3-5-14(10)13(17)9-6-11(15(18)19)21-8-9/h6,8,10H,2-5,7H2,1H3. The number of piperidine rings is 1. The lowest BCUT2D eigenvalue weighted by Crippen LogP contribution is -2.44. The molecule has 0 radical (unpaired) electrons. The van der Waals surface area contributed by atoms with Crippen LogP contribution in [0.15, 0.2) is 11.4 Å². The Morgan fingerprint density at radius 1 is 1.52 bits per heavy atom. The second-order valence-electron chi connectivity index (χ2n) is 4.86. The largest absolute Gasteiger partial charge is 0.469 e. The number of rotatable bonds is 4. The van der Waals surface area contributed by atoms with Crippen molar-refractivity contribution in [2.75, 3.05) is 13.7 Å². The average molecular weight is 312 g/mol. The predicted molar refractivity (Wildman–Crippen MR) is 76.3 cm³/mol. The van der Waals surface area contributed by atoms with Crippen LogP contribution in [-0.4, -0.2) is 41.4 Å². The van der Waals surface area contributed by atoms with Gasteiger partial charge in [0.05, 0.1) is 24.0 Å². The molecule has 1 aromatic rings. The van der Waals surface area contributed by atoms with Crippen LogP contribution in [0.25, 0.3) is 0 Å². The van der Waals surface area contributed by atoms with Crippen LogP contribution in [0.1, 0.15) is 36.0 Å². The van der Waals surface area contributed by atoms with E-state index in [9.17, 15) is 19.7 Å². The number of thiophene rings is 1. The molecule has 1 aliphatic heterocycles. The molecule has 1 atom stereocenters. The smallest absolute Gasteiger partial charge is 0.324 e. The number of amides is 1. The molecule has 1 aliphatic rings. The molecule has 0 bridgehead atoms. The van der Waals surface area contributed by atoms with Crippen LogP contribution in [0.4, 0.5) is 5.00 Å². The molecule has 1 fully saturated rings. The van der Waals surface area contributed by atoms with Crippen LogP contribution in [-0.2, 0) is 9.53 Å². The summed E-state index contributed by atoms with van der Waals surface area (Å²) >= 11 is 0.931. The molecular weight excluding hydrogens is 296 g/mol. The van der Waals surface area contributed by atoms with Crippen molar-refractivity contribution in [2.45, 2.75) is 31.7 Å². The van der Waals surface area contributed by atoms with E-state index in [0.717, 1.165) is 30.6 Å². The lowest BCUT2D eigenvalue weighted by molar-refractivity contribution is -0.380. The summed E-state index contributed by atoms with van der Waals surface area (Å²) in [4.78, 5) is 35.7. The number of hydrogen-bond acceptors (Lipinski definition) is 6. The Labute approximate surface area is 125 Å². The molecule has 1 amide bonds. The van der Waals surface area contributed by atoms with Crippen LogP contribution in [0, 0.1) is 10.1 Å². The summed E-state index contributed by atoms with van der Waals surface area (Å²) in [7, 11) is 1.32. The van der Waals surface area contributed by atoms with Gasteiger partial charge in [-0.15, -0.1) is 0 Å². The Hall–Kier alpha value is -1.96. The van der Waals surface area contributed by atoms with Crippen molar-refractivity contribution in [1.82, 2.24) is 4.90 Å². The summed E-state index contributed by atoms with van der Waals surface area (Å²) in [6.45, 7) is 0.560. The van der Waals surface area contributed by atoms with Crippen molar-refractivity contribution in [2.24, 2.45) is 0 Å². The van der Waals surface area contributed by atoms with Gasteiger partial charge in [0.1, 0.15) is 0 Å². The molecule has 0 spiro atoms. The first kappa shape index (κ1) is 15.4. The van der Waals surface area contributed by atoms with Gasteiger partial charge in [0.2, 0.25) is 0 Å². The van der Waals surface area contributed by atoms with Crippen LogP contribution < -0.4 is 0 Å². The highest BCUT2D eigenvalue weighted by Crippen LogP contribution is 2.27. The fraction of sp³-hybridized carbons (Fsp3) is 0.538. The number of ether oxygens (including phenoxy) is 1. The van der Waals surface area contributed by atoms with Crippen molar-refractivity contribution in [3.63, 3.8) is 0 Å². The molecule has 7 nitrogen and oxygen atoms in total. The van der Waals surface area contributed by atoms with Crippen LogP contribution in [0.5, 0.6) is 0 Å². The number of carbonyl (C=O) groups is 2. The summed E-state index contributed by atoms with van der Waals surface area (Å²) in [5, 5.41) is 12.1. The van der Waals surface area contributed by atoms with Crippen molar-refractivity contribution >= 4 is 28.2 Å². The molecule has 0 aliphatic carbocycles. The first-order chi connectivity index (χ1) is 10.0. The number of likely N-dealkylation sites (tertiary alicyclic amines) is 1. The highest BCUT2D eigenvalue weighted by Gasteiger charge is 2.30. The minimum Gasteiger partial charge on any atom is -0.469 e. The van der Waals surface area contributed by atoms with Gasteiger partial charge in [-0.3, -0.25) is 19.7 Å². The second-order valence-corrected chi connectivity index (χ2v) is 5.75. The van der Waals surface area contributed by atoms with Gasteiger partial charge < -0.3 is 9.64 Å². The Morgan fingerprint density at radius 2 is 2.29 bits per heavy atom. The first-order valence-corrected chi connectivity index (χ1v) is 7.51. The number of carbonyl (C=O) groups excluding carboxylic acids is 2. The van der Waals surface area contributed by atoms with Crippen molar-refractivity contribution in [1.29, 1.82) is 0 Å². The minimum absolute atomic E-state index is 0.0557. The van der Waals surface area contributed by atoms with E-state index < -0.39 is 4.92 Å². The van der Waals surface area contributed by atoms with E-state index in [2.05, 4.69) is 4.74 Å². The van der Waals surface area contributed by atoms with E-state index >= 15 is 0 Å². The van der Waals surface area contributed by atoms with E-state index in [0.29, 0.717) is 12.1 Å². The third kappa shape index (κ3) is 3.57. The molecule has 1 unspecified atom stereocenters. The van der Waals surface area contributed by atoms with Gasteiger partial charge in [0.15, 0.2) is 0 Å². The Bertz CT molecular complexity index is 557. The van der Waals surface area contributed by atoms with Gasteiger partial charge in [0.25, 0.3) is 5.91 Å². The average Bonchev–Trinajstić information content (AvgIpc) is 2.97. The molecule has 0 aromatic carbocycles. The van der Waals surface area contributed by atoms with Gasteiger partial charge in [-0.1, -0.05) is 11.3 Å². The van der Waals surface area contributed by atoms with Crippen LogP contribution in [0.3, 0.4) is 0 Å². The zero-order valence-corrected chi connectivity index (χ0v) is 12.4. The quantitative estimate of drug-likeness (QED) is 0.483. The van der Waals surface area contributed by atoms with Gasteiger partial charge in [-0.05, 0) is 19.3 Å². The molecule has 0 saturated carbocycles. The maximum absolute atomic E-state index is 12.5. The molecule has 21 heavy (non-hydrogen) atoms. The second kappa shape index (κ2) is 6.66. The summed E-state index contributed by atoms with van der Waals surface area (Å²) < 4.78 is 4.66. The van der Waals surface area contributed by atoms with Gasteiger partial charge in [0, 0.05) is 24.0 Å². The van der Waals surface area contributed by atoms with Crippen molar-refractivity contribution in [3.05, 3.63) is 27.1 Å². The maximum atomic E-state index is 12.5. The van der Waals surface area contributed by atoms with Crippen LogP contribution in [0.2, 0.25) is 0 Å². The molecule has 0 N–H and O–H groups in total. The van der Waals surface area contributed by atoms with Crippen molar-refractivity contribution in [3.8, 4) is 0 Å². The third-order valence-corrected chi connectivity index (χ3v) is 4.41. The van der Waals surface area contributed by atoms with Crippen molar-refractivity contribution < 1.29 is 19.2 Å². The summed E-state index contributed by atoms with van der Waals surface area (Å²) in [5.41, 5.74) is 0.309. The Balaban J connectivity index is 2.13. The number of esters is 1. The highest BCUT2D eigenvalue weighted by atomic mass is 32.1. The molecular formula is C13H16N2O5S. The van der Waals surface area contributed by atoms with Crippen LogP contribution >= 0.6 is 11.3 Å². The Morgan fingerprint density at radius 3 is 2.90 bits per heavy atom. The molecule has 8 heteroatoms. The van der Waals surface area contributed by atoms with E-state index in [4.69, 9.17) is 0 Å². The lowest BCUT2D eigenvalue weighted by Gasteiger charge is -2.35. The van der Waals surface area contributed by atoms with Gasteiger partial charge in [-0.2, -0.15) is 0 Å². The van der Waals surface area contributed by atoms with E-state index in [1.807, 2.05) is 0 Å². The van der Waals surface area contributed by atoms with E-state index in [1.165, 1.54) is 18.6 Å². The topological polar surface area (TPSA) is 89.8 Å². The fourth-order valence-corrected chi connectivity index (χ4v) is 3.15. The van der Waals surface area contributed by atoms with E-state index in [1.54, 1.807) is 4.90 Å². The molecule has 114 valence electrons. The molecule has 2 rings (SSSR count). The summed E-state index contributed by atoms with van der Waals surface area (Å²) in [6, 6.07) is 1.09. The number of nitro groups is 1. The molecule has 1 aromatic heterocycles. The zero-order chi connectivity index (χ0) is 15.4. The molecule has 2 heterocycles. The maximum Gasteiger partial charge on any atom is 0.324 e. The minimum atomic E-state index is -0.510. The first-order valence-electron chi connectivity index (χ1n) is 6.63. The molecule has 1 saturated heterocycles. The monoisotopic (exact) mass is 312 g/mol. The predicted octanol–water partition coefficient (Wildman–Crippen LogP) is 2.21. The van der Waals surface area contributed by atoms with Gasteiger partial charge in [-0.25, -0.2) is 0 Å². The Kier molecular flexibility index (Phi) is 4.89. The number of methoxy groups -OCH3 is 1. The summed E-state index contributed by atoms with van der Waals surface area (Å²) in [5.74, 6) is -0.607. The normalized spacial score (nSPS) is 18.3. The number of hydrogen-bond donors (Lipinski definition) is 0. The van der Waals surface area contributed by atoms with Gasteiger partial charge >= 0.3 is 11.0 Å². The SMILES string of the molecule is COC(=O)CC1CCCCN1C(=O)c1csc([N+](=O)[O-])c1. The third-order valence-electron chi connectivity index (χ3n) is 3.53.